The number of nitrogens with one attached hydrogen (secondary N) is 1. The summed E-state index contributed by atoms with van der Waals surface area (Å²) in [6.07, 6.45) is -1.14. The molecule has 220 valence electrons. The van der Waals surface area contributed by atoms with Crippen LogP contribution in [0.3, 0.4) is 0 Å². The highest BCUT2D eigenvalue weighted by Crippen LogP contribution is 2.34. The number of aliphatic carboxylic acids is 2. The maximum atomic E-state index is 12.9. The number of carboxylic acid groups (broad SMARTS) is 2. The first-order valence-corrected chi connectivity index (χ1v) is 11.7. The molecule has 0 bridgehead atoms. The van der Waals surface area contributed by atoms with Gasteiger partial charge < -0.3 is 20.3 Å². The smallest absolute Gasteiger partial charge is 0.475 e. The number of carbonyl (C=O) groups is 3. The number of hydrogen-bond acceptors (Lipinski definition) is 7. The van der Waals surface area contributed by atoms with Gasteiger partial charge in [0, 0.05) is 56.7 Å². The molecule has 0 saturated carbocycles. The largest absolute Gasteiger partial charge is 0.490 e. The van der Waals surface area contributed by atoms with Crippen LogP contribution >= 0.6 is 0 Å². The first-order valence-electron chi connectivity index (χ1n) is 11.7. The molecule has 0 spiro atoms. The minimum absolute atomic E-state index is 0.0225. The van der Waals surface area contributed by atoms with E-state index in [1.54, 1.807) is 18.6 Å². The normalized spacial score (nSPS) is 20.9. The SMILES string of the molecule is O=C(Nc1cccnc1)[C@@H]1CCO[C@@H]2CCN(Cc3cccnc3)C[C@@H]21.O=C(O)C(F)(F)F.O=C(O)C(F)(F)F. The number of amides is 1. The van der Waals surface area contributed by atoms with Crippen LogP contribution in [0.5, 0.6) is 0 Å². The van der Waals surface area contributed by atoms with E-state index in [0.717, 1.165) is 38.2 Å². The second-order valence-electron chi connectivity index (χ2n) is 8.69. The van der Waals surface area contributed by atoms with Crippen molar-refractivity contribution in [2.45, 2.75) is 37.8 Å². The highest BCUT2D eigenvalue weighted by Gasteiger charge is 2.42. The number of carboxylic acids is 2. The molecule has 2 fully saturated rings. The molecule has 2 aliphatic heterocycles. The molecule has 0 aliphatic carbocycles. The number of piperidine rings is 1. The van der Waals surface area contributed by atoms with Gasteiger partial charge in [-0.25, -0.2) is 9.59 Å². The van der Waals surface area contributed by atoms with Crippen LogP contribution in [0.1, 0.15) is 18.4 Å². The van der Waals surface area contributed by atoms with Crippen LogP contribution in [-0.2, 0) is 25.7 Å². The summed E-state index contributed by atoms with van der Waals surface area (Å²) in [6, 6.07) is 7.77. The zero-order valence-corrected chi connectivity index (χ0v) is 20.7. The summed E-state index contributed by atoms with van der Waals surface area (Å²) in [7, 11) is 0. The Kier molecular flexibility index (Phi) is 11.8. The van der Waals surface area contributed by atoms with Gasteiger partial charge >= 0.3 is 24.3 Å². The Morgan fingerprint density at radius 1 is 0.950 bits per heavy atom. The lowest BCUT2D eigenvalue weighted by molar-refractivity contribution is -0.193. The standard InChI is InChI=1S/C20H24N4O2.2C2HF3O2/c25-20(23-16-4-2-8-22-12-16)17-6-10-26-19-5-9-24(14-18(17)19)13-15-3-1-7-21-11-15;2*3-2(4,5)1(6)7/h1-4,7-8,11-12,17-19H,5-6,9-10,13-14H2,(H,23,25);2*(H,6,7)/t17-,18-,19-;;/m1../s1. The average molecular weight is 580 g/mol. The van der Waals surface area contributed by atoms with Gasteiger partial charge in [0.1, 0.15) is 0 Å². The summed E-state index contributed by atoms with van der Waals surface area (Å²) in [5.41, 5.74) is 1.96. The van der Waals surface area contributed by atoms with Crippen LogP contribution < -0.4 is 5.32 Å². The fraction of sp³-hybridized carbons (Fsp3) is 0.458. The van der Waals surface area contributed by atoms with Gasteiger partial charge in [0.15, 0.2) is 0 Å². The van der Waals surface area contributed by atoms with E-state index >= 15 is 0 Å². The van der Waals surface area contributed by atoms with E-state index in [1.165, 1.54) is 5.56 Å². The van der Waals surface area contributed by atoms with Crippen molar-refractivity contribution in [3.63, 3.8) is 0 Å². The minimum Gasteiger partial charge on any atom is -0.475 e. The molecule has 2 aromatic rings. The number of hydrogen-bond donors (Lipinski definition) is 3. The number of rotatable bonds is 4. The van der Waals surface area contributed by atoms with Gasteiger partial charge in [0.2, 0.25) is 5.91 Å². The Labute approximate surface area is 224 Å². The van der Waals surface area contributed by atoms with Crippen molar-refractivity contribution >= 4 is 23.5 Å². The van der Waals surface area contributed by atoms with Crippen LogP contribution in [0, 0.1) is 11.8 Å². The summed E-state index contributed by atoms with van der Waals surface area (Å²) >= 11 is 0. The fourth-order valence-electron chi connectivity index (χ4n) is 4.08. The third-order valence-corrected chi connectivity index (χ3v) is 5.83. The number of pyridine rings is 2. The molecule has 10 nitrogen and oxygen atoms in total. The summed E-state index contributed by atoms with van der Waals surface area (Å²) in [5, 5.41) is 17.3. The number of carbonyl (C=O) groups excluding carboxylic acids is 1. The molecule has 2 aliphatic rings. The second-order valence-corrected chi connectivity index (χ2v) is 8.69. The molecular formula is C24H26F6N4O6. The number of fused-ring (bicyclic) bond motifs is 1. The molecule has 0 aromatic carbocycles. The van der Waals surface area contributed by atoms with Crippen molar-refractivity contribution in [3.8, 4) is 0 Å². The first-order chi connectivity index (χ1) is 18.7. The molecular weight excluding hydrogens is 554 g/mol. The van der Waals surface area contributed by atoms with Crippen LogP contribution in [-0.4, -0.2) is 81.1 Å². The zero-order valence-electron chi connectivity index (χ0n) is 20.7. The average Bonchev–Trinajstić information content (AvgIpc) is 2.89. The summed E-state index contributed by atoms with van der Waals surface area (Å²) in [5.74, 6) is -5.23. The molecule has 3 atom stereocenters. The van der Waals surface area contributed by atoms with Gasteiger partial charge in [-0.05, 0) is 36.6 Å². The van der Waals surface area contributed by atoms with Crippen molar-refractivity contribution in [1.82, 2.24) is 14.9 Å². The summed E-state index contributed by atoms with van der Waals surface area (Å²) in [4.78, 5) is 41.3. The molecule has 1 amide bonds. The summed E-state index contributed by atoms with van der Waals surface area (Å²) < 4.78 is 69.5. The number of nitrogens with zero attached hydrogens (tertiary/aromatic N) is 3. The molecule has 4 heterocycles. The number of likely N-dealkylation sites (tertiary alicyclic amines) is 1. The number of ether oxygens (including phenoxy) is 1. The molecule has 40 heavy (non-hydrogen) atoms. The van der Waals surface area contributed by atoms with E-state index < -0.39 is 24.3 Å². The molecule has 3 N–H and O–H groups in total. The predicted octanol–water partition coefficient (Wildman–Crippen LogP) is 3.61. The second kappa shape index (κ2) is 14.6. The van der Waals surface area contributed by atoms with Crippen LogP contribution in [0.15, 0.2) is 49.1 Å². The van der Waals surface area contributed by atoms with Crippen LogP contribution in [0.25, 0.3) is 0 Å². The quantitative estimate of drug-likeness (QED) is 0.463. The Hall–Kier alpha value is -3.79. The summed E-state index contributed by atoms with van der Waals surface area (Å²) in [6.45, 7) is 3.40. The monoisotopic (exact) mass is 580 g/mol. The maximum absolute atomic E-state index is 12.9. The number of halogens is 6. The topological polar surface area (TPSA) is 142 Å². The van der Waals surface area contributed by atoms with Crippen molar-refractivity contribution in [2.24, 2.45) is 11.8 Å². The Bertz CT molecular complexity index is 1080. The van der Waals surface area contributed by atoms with E-state index in [0.29, 0.717) is 6.61 Å². The molecule has 16 heteroatoms. The third kappa shape index (κ3) is 10.8. The van der Waals surface area contributed by atoms with E-state index in [4.69, 9.17) is 24.5 Å². The van der Waals surface area contributed by atoms with Gasteiger partial charge in [-0.1, -0.05) is 6.07 Å². The Balaban J connectivity index is 0.000000333. The maximum Gasteiger partial charge on any atom is 0.490 e. The van der Waals surface area contributed by atoms with Crippen LogP contribution in [0.2, 0.25) is 0 Å². The fourth-order valence-corrected chi connectivity index (χ4v) is 4.08. The van der Waals surface area contributed by atoms with Crippen molar-refractivity contribution in [1.29, 1.82) is 0 Å². The van der Waals surface area contributed by atoms with Crippen molar-refractivity contribution in [2.75, 3.05) is 25.0 Å². The lowest BCUT2D eigenvalue weighted by Gasteiger charge is -2.44. The highest BCUT2D eigenvalue weighted by atomic mass is 19.4. The van der Waals surface area contributed by atoms with Gasteiger partial charge in [0.05, 0.1) is 18.0 Å². The van der Waals surface area contributed by atoms with Gasteiger partial charge in [-0.3, -0.25) is 19.7 Å². The molecule has 0 unspecified atom stereocenters. The Morgan fingerprint density at radius 2 is 1.52 bits per heavy atom. The van der Waals surface area contributed by atoms with Gasteiger partial charge in [-0.15, -0.1) is 0 Å². The van der Waals surface area contributed by atoms with E-state index in [9.17, 15) is 31.1 Å². The van der Waals surface area contributed by atoms with Crippen LogP contribution in [0.4, 0.5) is 32.0 Å². The minimum atomic E-state index is -5.08. The molecule has 0 radical (unpaired) electrons. The first kappa shape index (κ1) is 32.4. The lowest BCUT2D eigenvalue weighted by atomic mass is 9.79. The van der Waals surface area contributed by atoms with Gasteiger partial charge in [-0.2, -0.15) is 26.3 Å². The van der Waals surface area contributed by atoms with E-state index in [1.807, 2.05) is 24.4 Å². The van der Waals surface area contributed by atoms with Crippen molar-refractivity contribution in [3.05, 3.63) is 54.6 Å². The number of alkyl halides is 6. The van der Waals surface area contributed by atoms with Gasteiger partial charge in [0.25, 0.3) is 0 Å². The zero-order chi connectivity index (χ0) is 29.9. The Morgan fingerprint density at radius 3 is 2.02 bits per heavy atom. The third-order valence-electron chi connectivity index (χ3n) is 5.83. The van der Waals surface area contributed by atoms with Crippen molar-refractivity contribution < 1.29 is 55.7 Å². The highest BCUT2D eigenvalue weighted by molar-refractivity contribution is 5.92. The molecule has 4 rings (SSSR count). The van der Waals surface area contributed by atoms with E-state index in [2.05, 4.69) is 26.3 Å². The molecule has 2 aromatic heterocycles. The molecule has 2 saturated heterocycles. The lowest BCUT2D eigenvalue weighted by Crippen LogP contribution is -2.52. The van der Waals surface area contributed by atoms with E-state index in [-0.39, 0.29) is 23.8 Å². The number of aromatic nitrogens is 2. The predicted molar refractivity (Wildman–Crippen MR) is 126 cm³/mol. The number of anilines is 1.